The fraction of sp³-hybridized carbons (Fsp3) is 0.364. The first kappa shape index (κ1) is 21.9. The summed E-state index contributed by atoms with van der Waals surface area (Å²) in [7, 11) is 0. The fourth-order valence-corrected chi connectivity index (χ4v) is 2.94. The Morgan fingerprint density at radius 2 is 1.71 bits per heavy atom. The highest BCUT2D eigenvalue weighted by atomic mass is 35.5. The van der Waals surface area contributed by atoms with Crippen molar-refractivity contribution in [2.45, 2.75) is 52.2 Å². The number of rotatable bonds is 6. The maximum atomic E-state index is 13.1. The normalized spacial score (nSPS) is 12.4. The van der Waals surface area contributed by atoms with E-state index in [-0.39, 0.29) is 30.6 Å². The standard InChI is InChI=1S/C22H26ClFN2O2/c1-15(21(28)25-22(2,3)4)26(14-17-7-5-6-8-19(17)23)20(27)13-16-9-11-18(24)12-10-16/h5-12,15H,13-14H2,1-4H3,(H,25,28)/t15-/m1/s1. The molecule has 2 aromatic rings. The third-order valence-corrected chi connectivity index (χ3v) is 4.60. The van der Waals surface area contributed by atoms with Crippen LogP contribution in [0.15, 0.2) is 48.5 Å². The third kappa shape index (κ3) is 6.34. The van der Waals surface area contributed by atoms with E-state index < -0.39 is 11.6 Å². The Hall–Kier alpha value is -2.40. The zero-order chi connectivity index (χ0) is 20.9. The molecule has 4 nitrogen and oxygen atoms in total. The highest BCUT2D eigenvalue weighted by Gasteiger charge is 2.28. The van der Waals surface area contributed by atoms with Crippen molar-refractivity contribution in [3.63, 3.8) is 0 Å². The summed E-state index contributed by atoms with van der Waals surface area (Å²) in [6, 6.07) is 12.3. The van der Waals surface area contributed by atoms with Gasteiger partial charge in [0.2, 0.25) is 11.8 Å². The number of carbonyl (C=O) groups is 2. The van der Waals surface area contributed by atoms with E-state index in [9.17, 15) is 14.0 Å². The van der Waals surface area contributed by atoms with Crippen LogP contribution in [0, 0.1) is 5.82 Å². The van der Waals surface area contributed by atoms with Gasteiger partial charge >= 0.3 is 0 Å². The maximum Gasteiger partial charge on any atom is 0.242 e. The van der Waals surface area contributed by atoms with Crippen LogP contribution in [0.4, 0.5) is 4.39 Å². The Labute approximate surface area is 170 Å². The average Bonchev–Trinajstić information content (AvgIpc) is 2.61. The number of hydrogen-bond donors (Lipinski definition) is 1. The van der Waals surface area contributed by atoms with Crippen molar-refractivity contribution in [1.82, 2.24) is 10.2 Å². The monoisotopic (exact) mass is 404 g/mol. The fourth-order valence-electron chi connectivity index (χ4n) is 2.75. The van der Waals surface area contributed by atoms with Crippen LogP contribution in [-0.2, 0) is 22.6 Å². The zero-order valence-electron chi connectivity index (χ0n) is 16.6. The second kappa shape index (κ2) is 9.20. The van der Waals surface area contributed by atoms with E-state index in [0.717, 1.165) is 5.56 Å². The summed E-state index contributed by atoms with van der Waals surface area (Å²) in [6.45, 7) is 7.56. The van der Waals surface area contributed by atoms with Crippen LogP contribution in [0.25, 0.3) is 0 Å². The van der Waals surface area contributed by atoms with E-state index in [1.807, 2.05) is 39.0 Å². The minimum atomic E-state index is -0.691. The van der Waals surface area contributed by atoms with E-state index in [4.69, 9.17) is 11.6 Å². The first-order valence-corrected chi connectivity index (χ1v) is 9.54. The van der Waals surface area contributed by atoms with E-state index in [2.05, 4.69) is 5.32 Å². The molecular formula is C22H26ClFN2O2. The van der Waals surface area contributed by atoms with Gasteiger partial charge in [0, 0.05) is 17.1 Å². The second-order valence-corrected chi connectivity index (χ2v) is 8.24. The Bertz CT molecular complexity index is 831. The van der Waals surface area contributed by atoms with Gasteiger partial charge in [-0.05, 0) is 57.0 Å². The van der Waals surface area contributed by atoms with E-state index in [0.29, 0.717) is 10.6 Å². The lowest BCUT2D eigenvalue weighted by molar-refractivity contribution is -0.140. The molecule has 0 aliphatic rings. The molecule has 28 heavy (non-hydrogen) atoms. The summed E-state index contributed by atoms with van der Waals surface area (Å²) in [5.74, 6) is -0.836. The summed E-state index contributed by atoms with van der Waals surface area (Å²) in [5.41, 5.74) is 1.02. The molecule has 0 saturated carbocycles. The summed E-state index contributed by atoms with van der Waals surface area (Å²) in [4.78, 5) is 27.2. The molecule has 0 aromatic heterocycles. The van der Waals surface area contributed by atoms with Gasteiger partial charge in [-0.2, -0.15) is 0 Å². The number of nitrogens with one attached hydrogen (secondary N) is 1. The van der Waals surface area contributed by atoms with E-state index in [1.165, 1.54) is 17.0 Å². The van der Waals surface area contributed by atoms with Gasteiger partial charge < -0.3 is 10.2 Å². The molecule has 0 unspecified atom stereocenters. The van der Waals surface area contributed by atoms with Crippen molar-refractivity contribution in [2.24, 2.45) is 0 Å². The first-order valence-electron chi connectivity index (χ1n) is 9.16. The molecule has 1 atom stereocenters. The molecule has 2 aromatic carbocycles. The molecule has 0 spiro atoms. The quantitative estimate of drug-likeness (QED) is 0.777. The van der Waals surface area contributed by atoms with Gasteiger partial charge in [0.15, 0.2) is 0 Å². The van der Waals surface area contributed by atoms with Crippen LogP contribution >= 0.6 is 11.6 Å². The van der Waals surface area contributed by atoms with Gasteiger partial charge in [0.05, 0.1) is 6.42 Å². The topological polar surface area (TPSA) is 49.4 Å². The Morgan fingerprint density at radius 1 is 1.11 bits per heavy atom. The SMILES string of the molecule is C[C@H](C(=O)NC(C)(C)C)N(Cc1ccccc1Cl)C(=O)Cc1ccc(F)cc1. The van der Waals surface area contributed by atoms with Gasteiger partial charge in [0.1, 0.15) is 11.9 Å². The molecule has 0 radical (unpaired) electrons. The first-order chi connectivity index (χ1) is 13.1. The molecule has 6 heteroatoms. The second-order valence-electron chi connectivity index (χ2n) is 7.83. The molecule has 0 bridgehead atoms. The van der Waals surface area contributed by atoms with Crippen LogP contribution < -0.4 is 5.32 Å². The van der Waals surface area contributed by atoms with Crippen molar-refractivity contribution in [3.05, 3.63) is 70.5 Å². The predicted octanol–water partition coefficient (Wildman–Crippen LogP) is 4.35. The minimum Gasteiger partial charge on any atom is -0.350 e. The Morgan fingerprint density at radius 3 is 2.29 bits per heavy atom. The minimum absolute atomic E-state index is 0.0673. The lowest BCUT2D eigenvalue weighted by Crippen LogP contribution is -2.52. The molecule has 0 aliphatic carbocycles. The largest absolute Gasteiger partial charge is 0.350 e. The van der Waals surface area contributed by atoms with E-state index >= 15 is 0 Å². The van der Waals surface area contributed by atoms with Gasteiger partial charge in [0.25, 0.3) is 0 Å². The van der Waals surface area contributed by atoms with Crippen molar-refractivity contribution in [1.29, 1.82) is 0 Å². The summed E-state index contributed by atoms with van der Waals surface area (Å²) < 4.78 is 13.1. The Kier molecular flexibility index (Phi) is 7.19. The van der Waals surface area contributed by atoms with Crippen LogP contribution in [0.3, 0.4) is 0 Å². The molecule has 2 amide bonds. The molecule has 0 heterocycles. The molecule has 150 valence electrons. The van der Waals surface area contributed by atoms with Crippen molar-refractivity contribution < 1.29 is 14.0 Å². The molecular weight excluding hydrogens is 379 g/mol. The van der Waals surface area contributed by atoms with Gasteiger partial charge in [-0.15, -0.1) is 0 Å². The van der Waals surface area contributed by atoms with Gasteiger partial charge in [-0.25, -0.2) is 4.39 Å². The number of halogens is 2. The van der Waals surface area contributed by atoms with Crippen molar-refractivity contribution in [2.75, 3.05) is 0 Å². The maximum absolute atomic E-state index is 13.1. The van der Waals surface area contributed by atoms with Crippen molar-refractivity contribution >= 4 is 23.4 Å². The third-order valence-electron chi connectivity index (χ3n) is 4.23. The summed E-state index contributed by atoms with van der Waals surface area (Å²) in [5, 5.41) is 3.44. The average molecular weight is 405 g/mol. The Balaban J connectivity index is 2.26. The van der Waals surface area contributed by atoms with Crippen LogP contribution in [-0.4, -0.2) is 28.3 Å². The highest BCUT2D eigenvalue weighted by Crippen LogP contribution is 2.20. The summed E-state index contributed by atoms with van der Waals surface area (Å²) >= 11 is 6.26. The van der Waals surface area contributed by atoms with Crippen LogP contribution in [0.1, 0.15) is 38.8 Å². The molecule has 0 saturated heterocycles. The zero-order valence-corrected chi connectivity index (χ0v) is 17.4. The van der Waals surface area contributed by atoms with Gasteiger partial charge in [-0.3, -0.25) is 9.59 Å². The number of benzene rings is 2. The van der Waals surface area contributed by atoms with Crippen molar-refractivity contribution in [3.8, 4) is 0 Å². The predicted molar refractivity (Wildman–Crippen MR) is 109 cm³/mol. The number of nitrogens with zero attached hydrogens (tertiary/aromatic N) is 1. The van der Waals surface area contributed by atoms with Crippen LogP contribution in [0.5, 0.6) is 0 Å². The molecule has 0 fully saturated rings. The number of hydrogen-bond acceptors (Lipinski definition) is 2. The summed E-state index contributed by atoms with van der Waals surface area (Å²) in [6.07, 6.45) is 0.0673. The smallest absolute Gasteiger partial charge is 0.242 e. The lowest BCUT2D eigenvalue weighted by Gasteiger charge is -2.31. The molecule has 2 rings (SSSR count). The van der Waals surface area contributed by atoms with Crippen LogP contribution in [0.2, 0.25) is 5.02 Å². The molecule has 1 N–H and O–H groups in total. The lowest BCUT2D eigenvalue weighted by atomic mass is 10.1. The number of carbonyl (C=O) groups excluding carboxylic acids is 2. The highest BCUT2D eigenvalue weighted by molar-refractivity contribution is 6.31. The number of amides is 2. The molecule has 0 aliphatic heterocycles. The van der Waals surface area contributed by atoms with Gasteiger partial charge in [-0.1, -0.05) is 41.9 Å². The van der Waals surface area contributed by atoms with E-state index in [1.54, 1.807) is 25.1 Å².